The molecule has 0 bridgehead atoms. The van der Waals surface area contributed by atoms with Crippen molar-refractivity contribution in [1.29, 1.82) is 0 Å². The van der Waals surface area contributed by atoms with Crippen molar-refractivity contribution >= 4 is 19.7 Å². The predicted octanol–water partition coefficient (Wildman–Crippen LogP) is 2.25. The molecule has 0 aromatic carbocycles. The molecule has 0 spiro atoms. The Bertz CT molecular complexity index is 544. The largest absolute Gasteiger partial charge is 0.391 e. The lowest BCUT2D eigenvalue weighted by atomic mass is 10.4. The summed E-state index contributed by atoms with van der Waals surface area (Å²) < 4.78 is 76.0. The smallest absolute Gasteiger partial charge is 0.375 e. The molecular formula is C9H11ClF4N2O3S. The van der Waals surface area contributed by atoms with Crippen LogP contribution in [0.1, 0.15) is 12.1 Å². The molecule has 1 rings (SSSR count). The lowest BCUT2D eigenvalue weighted by Gasteiger charge is -2.06. The van der Waals surface area contributed by atoms with Crippen LogP contribution in [0.5, 0.6) is 0 Å². The summed E-state index contributed by atoms with van der Waals surface area (Å²) in [5.74, 6) is 0. The van der Waals surface area contributed by atoms with Gasteiger partial charge < -0.3 is 4.74 Å². The number of halogens is 5. The van der Waals surface area contributed by atoms with Gasteiger partial charge in [-0.05, 0) is 0 Å². The van der Waals surface area contributed by atoms with Crippen LogP contribution in [0.25, 0.3) is 0 Å². The Morgan fingerprint density at radius 1 is 1.40 bits per heavy atom. The molecule has 0 amide bonds. The van der Waals surface area contributed by atoms with Crippen LogP contribution >= 0.6 is 10.7 Å². The molecule has 11 heteroatoms. The zero-order chi connectivity index (χ0) is 15.4. The first-order chi connectivity index (χ1) is 9.13. The van der Waals surface area contributed by atoms with E-state index < -0.39 is 46.4 Å². The molecule has 5 nitrogen and oxygen atoms in total. The first kappa shape index (κ1) is 17.2. The Morgan fingerprint density at radius 2 is 2.05 bits per heavy atom. The minimum Gasteiger partial charge on any atom is -0.375 e. The number of hydrogen-bond donors (Lipinski definition) is 0. The van der Waals surface area contributed by atoms with Gasteiger partial charge in [0.15, 0.2) is 0 Å². The maximum Gasteiger partial charge on any atom is 0.391 e. The molecule has 116 valence electrons. The fourth-order valence-corrected chi connectivity index (χ4v) is 2.32. The molecule has 0 aliphatic rings. The van der Waals surface area contributed by atoms with Crippen LogP contribution in [-0.2, 0) is 26.9 Å². The van der Waals surface area contributed by atoms with Crippen molar-refractivity contribution < 1.29 is 30.7 Å². The third kappa shape index (κ3) is 5.63. The van der Waals surface area contributed by atoms with Crippen molar-refractivity contribution in [1.82, 2.24) is 9.78 Å². The topological polar surface area (TPSA) is 61.2 Å². The molecule has 0 radical (unpaired) electrons. The van der Waals surface area contributed by atoms with E-state index in [1.54, 1.807) is 0 Å². The second kappa shape index (κ2) is 6.72. The molecule has 0 unspecified atom stereocenters. The van der Waals surface area contributed by atoms with Crippen LogP contribution in [0, 0.1) is 0 Å². The van der Waals surface area contributed by atoms with Gasteiger partial charge in [0.1, 0.15) is 17.3 Å². The zero-order valence-corrected chi connectivity index (χ0v) is 11.6. The first-order valence-electron chi connectivity index (χ1n) is 5.35. The molecule has 1 aromatic rings. The average Bonchev–Trinajstić information content (AvgIpc) is 2.67. The van der Waals surface area contributed by atoms with Crippen LogP contribution in [-0.4, -0.2) is 37.7 Å². The second-order valence-electron chi connectivity index (χ2n) is 3.75. The molecular weight excluding hydrogens is 328 g/mol. The monoisotopic (exact) mass is 338 g/mol. The Labute approximate surface area is 116 Å². The summed E-state index contributed by atoms with van der Waals surface area (Å²) in [5, 5.41) is 3.71. The van der Waals surface area contributed by atoms with Crippen LogP contribution in [0.15, 0.2) is 11.1 Å². The van der Waals surface area contributed by atoms with Crippen LogP contribution < -0.4 is 0 Å². The Morgan fingerprint density at radius 3 is 2.55 bits per heavy atom. The number of alkyl halides is 4. The zero-order valence-electron chi connectivity index (χ0n) is 10.0. The molecule has 0 N–H and O–H groups in total. The summed E-state index contributed by atoms with van der Waals surface area (Å²) in [7, 11) is 1.02. The van der Waals surface area contributed by atoms with Crippen molar-refractivity contribution in [2.24, 2.45) is 0 Å². The fraction of sp³-hybridized carbons (Fsp3) is 0.667. The third-order valence-corrected chi connectivity index (χ3v) is 3.51. The molecule has 20 heavy (non-hydrogen) atoms. The van der Waals surface area contributed by atoms with Gasteiger partial charge in [-0.3, -0.25) is 4.68 Å². The Hall–Kier alpha value is -0.870. The van der Waals surface area contributed by atoms with Gasteiger partial charge in [-0.25, -0.2) is 12.8 Å². The van der Waals surface area contributed by atoms with Crippen molar-refractivity contribution in [3.63, 3.8) is 0 Å². The van der Waals surface area contributed by atoms with E-state index in [9.17, 15) is 26.0 Å². The van der Waals surface area contributed by atoms with Crippen molar-refractivity contribution in [2.75, 3.05) is 13.3 Å². The third-order valence-electron chi connectivity index (χ3n) is 2.14. The Kier molecular flexibility index (Phi) is 5.78. The van der Waals surface area contributed by atoms with Crippen LogP contribution in [0.2, 0.25) is 0 Å². The summed E-state index contributed by atoms with van der Waals surface area (Å²) in [6.07, 6.45) is -4.53. The number of ether oxygens (including phenoxy) is 1. The van der Waals surface area contributed by atoms with Gasteiger partial charge in [0.2, 0.25) is 0 Å². The minimum absolute atomic E-state index is 0.157. The van der Waals surface area contributed by atoms with E-state index in [1.165, 1.54) is 0 Å². The van der Waals surface area contributed by atoms with E-state index in [-0.39, 0.29) is 12.2 Å². The number of aryl methyl sites for hydroxylation is 1. The summed E-state index contributed by atoms with van der Waals surface area (Å²) in [6, 6.07) is 0. The fourth-order valence-electron chi connectivity index (χ4n) is 1.30. The second-order valence-corrected chi connectivity index (χ2v) is 6.28. The Balaban J connectivity index is 2.73. The summed E-state index contributed by atoms with van der Waals surface area (Å²) in [4.78, 5) is -0.403. The quantitative estimate of drug-likeness (QED) is 0.434. The van der Waals surface area contributed by atoms with Crippen molar-refractivity contribution in [3.8, 4) is 0 Å². The highest BCUT2D eigenvalue weighted by Crippen LogP contribution is 2.22. The molecule has 0 atom stereocenters. The molecule has 0 saturated carbocycles. The summed E-state index contributed by atoms with van der Waals surface area (Å²) in [5.41, 5.74) is -0.157. The van der Waals surface area contributed by atoms with E-state index in [1.807, 2.05) is 0 Å². The highest BCUT2D eigenvalue weighted by molar-refractivity contribution is 8.13. The van der Waals surface area contributed by atoms with Gasteiger partial charge in [0.05, 0.1) is 26.2 Å². The standard InChI is InChI=1S/C9H11ClF4N2O3S/c10-20(17,18)8-5-16(3-2-11)15-7(8)6-19-4-1-9(12,13)14/h5H,1-4,6H2. The van der Waals surface area contributed by atoms with E-state index in [0.717, 1.165) is 10.9 Å². The van der Waals surface area contributed by atoms with Gasteiger partial charge in [-0.15, -0.1) is 0 Å². The van der Waals surface area contributed by atoms with Gasteiger partial charge in [-0.1, -0.05) is 0 Å². The molecule has 1 heterocycles. The molecule has 0 aliphatic carbocycles. The lowest BCUT2D eigenvalue weighted by molar-refractivity contribution is -0.146. The summed E-state index contributed by atoms with van der Waals surface area (Å²) >= 11 is 0. The first-order valence-corrected chi connectivity index (χ1v) is 7.66. The molecule has 0 aliphatic heterocycles. The number of rotatable bonds is 7. The van der Waals surface area contributed by atoms with E-state index in [2.05, 4.69) is 5.10 Å². The average molecular weight is 339 g/mol. The number of nitrogens with zero attached hydrogens (tertiary/aromatic N) is 2. The van der Waals surface area contributed by atoms with E-state index >= 15 is 0 Å². The van der Waals surface area contributed by atoms with Gasteiger partial charge in [0.25, 0.3) is 9.05 Å². The maximum absolute atomic E-state index is 12.2. The SMILES string of the molecule is O=S(=O)(Cl)c1cn(CCF)nc1COCCC(F)(F)F. The molecule has 1 aromatic heterocycles. The highest BCUT2D eigenvalue weighted by atomic mass is 35.7. The van der Waals surface area contributed by atoms with Gasteiger partial charge >= 0.3 is 6.18 Å². The normalized spacial score (nSPS) is 12.8. The summed E-state index contributed by atoms with van der Waals surface area (Å²) in [6.45, 7) is -2.07. The highest BCUT2D eigenvalue weighted by Gasteiger charge is 2.27. The maximum atomic E-state index is 12.2. The number of hydrogen-bond acceptors (Lipinski definition) is 4. The van der Waals surface area contributed by atoms with Crippen molar-refractivity contribution in [3.05, 3.63) is 11.9 Å². The number of aromatic nitrogens is 2. The van der Waals surface area contributed by atoms with E-state index in [4.69, 9.17) is 15.4 Å². The van der Waals surface area contributed by atoms with Crippen LogP contribution in [0.4, 0.5) is 17.6 Å². The lowest BCUT2D eigenvalue weighted by Crippen LogP contribution is -2.12. The predicted molar refractivity (Wildman–Crippen MR) is 61.6 cm³/mol. The van der Waals surface area contributed by atoms with Gasteiger partial charge in [0, 0.05) is 16.9 Å². The van der Waals surface area contributed by atoms with Gasteiger partial charge in [-0.2, -0.15) is 18.3 Å². The van der Waals surface area contributed by atoms with Crippen LogP contribution in [0.3, 0.4) is 0 Å². The van der Waals surface area contributed by atoms with Crippen molar-refractivity contribution in [2.45, 2.75) is 30.6 Å². The van der Waals surface area contributed by atoms with E-state index in [0.29, 0.717) is 0 Å². The molecule has 0 fully saturated rings. The molecule has 0 saturated heterocycles. The minimum atomic E-state index is -4.37.